The van der Waals surface area contributed by atoms with Crippen LogP contribution in [-0.2, 0) is 4.74 Å². The summed E-state index contributed by atoms with van der Waals surface area (Å²) >= 11 is 0. The van der Waals surface area contributed by atoms with Crippen LogP contribution in [0.3, 0.4) is 0 Å². The van der Waals surface area contributed by atoms with E-state index < -0.39 is 10.9 Å². The number of nitro groups is 1. The summed E-state index contributed by atoms with van der Waals surface area (Å²) in [7, 11) is 1.22. The number of carbonyl (C=O) groups is 1. The maximum atomic E-state index is 11.7. The number of para-hydroxylation sites is 2. The lowest BCUT2D eigenvalue weighted by atomic mass is 9.98. The van der Waals surface area contributed by atoms with Gasteiger partial charge in [0.2, 0.25) is 5.82 Å². The third-order valence-electron chi connectivity index (χ3n) is 4.85. The van der Waals surface area contributed by atoms with Crippen molar-refractivity contribution in [3.8, 4) is 0 Å². The van der Waals surface area contributed by atoms with Gasteiger partial charge in [-0.25, -0.2) is 14.8 Å². The molecule has 1 unspecified atom stereocenters. The Hall–Kier alpha value is -3.49. The third kappa shape index (κ3) is 3.26. The lowest BCUT2D eigenvalue weighted by molar-refractivity contribution is -0.384. The monoisotopic (exact) mass is 382 g/mol. The number of benzene rings is 1. The van der Waals surface area contributed by atoms with Crippen LogP contribution in [0.5, 0.6) is 0 Å². The number of esters is 1. The Morgan fingerprint density at radius 3 is 2.96 bits per heavy atom. The van der Waals surface area contributed by atoms with Crippen LogP contribution in [-0.4, -0.2) is 41.1 Å². The van der Waals surface area contributed by atoms with Crippen LogP contribution in [0.2, 0.25) is 0 Å². The highest BCUT2D eigenvalue weighted by Gasteiger charge is 2.30. The molecular weight excluding hydrogens is 364 g/mol. The zero-order valence-electron chi connectivity index (χ0n) is 15.2. The van der Waals surface area contributed by atoms with Gasteiger partial charge in [0, 0.05) is 25.4 Å². The van der Waals surface area contributed by atoms with Crippen LogP contribution >= 0.6 is 0 Å². The summed E-state index contributed by atoms with van der Waals surface area (Å²) in [5.74, 6) is 0.200. The summed E-state index contributed by atoms with van der Waals surface area (Å²) in [5.41, 5.74) is 1.34. The van der Waals surface area contributed by atoms with Crippen LogP contribution in [0.15, 0.2) is 40.9 Å². The number of fused-ring (bicyclic) bond motifs is 1. The lowest BCUT2D eigenvalue weighted by Crippen LogP contribution is -2.35. The van der Waals surface area contributed by atoms with E-state index in [1.165, 1.54) is 19.4 Å². The molecule has 1 saturated heterocycles. The van der Waals surface area contributed by atoms with E-state index in [1.807, 2.05) is 29.2 Å². The van der Waals surface area contributed by atoms with Crippen LogP contribution in [0.25, 0.3) is 11.1 Å². The molecule has 28 heavy (non-hydrogen) atoms. The van der Waals surface area contributed by atoms with Gasteiger partial charge in [-0.05, 0) is 25.0 Å². The van der Waals surface area contributed by atoms with Crippen molar-refractivity contribution in [1.29, 1.82) is 0 Å². The molecule has 0 N–H and O–H groups in total. The molecule has 0 bridgehead atoms. The molecule has 0 amide bonds. The second kappa shape index (κ2) is 7.26. The van der Waals surface area contributed by atoms with Crippen molar-refractivity contribution in [3.05, 3.63) is 58.1 Å². The number of nitrogens with zero attached hydrogens (tertiary/aromatic N) is 4. The van der Waals surface area contributed by atoms with Gasteiger partial charge < -0.3 is 14.1 Å². The average molecular weight is 382 g/mol. The van der Waals surface area contributed by atoms with Gasteiger partial charge in [-0.2, -0.15) is 0 Å². The summed E-state index contributed by atoms with van der Waals surface area (Å²) < 4.78 is 10.5. The van der Waals surface area contributed by atoms with E-state index in [9.17, 15) is 14.9 Å². The molecule has 0 saturated carbocycles. The molecule has 9 heteroatoms. The number of rotatable bonds is 4. The van der Waals surface area contributed by atoms with E-state index in [-0.39, 0.29) is 23.0 Å². The van der Waals surface area contributed by atoms with Crippen molar-refractivity contribution in [1.82, 2.24) is 9.97 Å². The first-order valence-electron chi connectivity index (χ1n) is 8.90. The van der Waals surface area contributed by atoms with Crippen LogP contribution < -0.4 is 4.90 Å². The highest BCUT2D eigenvalue weighted by atomic mass is 16.6. The summed E-state index contributed by atoms with van der Waals surface area (Å²) in [5, 5.41) is 11.6. The fourth-order valence-electron chi connectivity index (χ4n) is 3.49. The summed E-state index contributed by atoms with van der Waals surface area (Å²) in [4.78, 5) is 33.3. The molecule has 3 aromatic rings. The Labute approximate surface area is 160 Å². The van der Waals surface area contributed by atoms with Gasteiger partial charge in [-0.15, -0.1) is 0 Å². The zero-order valence-corrected chi connectivity index (χ0v) is 15.2. The molecular formula is C19H18N4O5. The van der Waals surface area contributed by atoms with Crippen molar-refractivity contribution in [2.24, 2.45) is 0 Å². The van der Waals surface area contributed by atoms with E-state index >= 15 is 0 Å². The number of methoxy groups -OCH3 is 1. The Morgan fingerprint density at radius 2 is 2.21 bits per heavy atom. The number of ether oxygens (including phenoxy) is 1. The standard InChI is InChI=1S/C19H18N4O5/c1-27-19(24)13-9-15(23(25)26)17(20-10-13)22-8-4-5-12(11-22)18-21-14-6-2-3-7-16(14)28-18/h2-3,6-7,9-10,12H,4-5,8,11H2,1H3. The second-order valence-corrected chi connectivity index (χ2v) is 6.62. The zero-order chi connectivity index (χ0) is 19.7. The second-order valence-electron chi connectivity index (χ2n) is 6.62. The van der Waals surface area contributed by atoms with E-state index in [2.05, 4.69) is 14.7 Å². The van der Waals surface area contributed by atoms with E-state index in [0.717, 1.165) is 23.9 Å². The maximum Gasteiger partial charge on any atom is 0.339 e. The van der Waals surface area contributed by atoms with Gasteiger partial charge in [-0.1, -0.05) is 12.1 Å². The fraction of sp³-hybridized carbons (Fsp3) is 0.316. The molecule has 1 fully saturated rings. The number of oxazole rings is 1. The normalized spacial score (nSPS) is 16.9. The largest absolute Gasteiger partial charge is 0.465 e. The maximum absolute atomic E-state index is 11.7. The lowest BCUT2D eigenvalue weighted by Gasteiger charge is -2.31. The first-order valence-corrected chi connectivity index (χ1v) is 8.90. The summed E-state index contributed by atoms with van der Waals surface area (Å²) in [6, 6.07) is 8.75. The molecule has 144 valence electrons. The Balaban J connectivity index is 1.63. The van der Waals surface area contributed by atoms with Gasteiger partial charge in [0.05, 0.1) is 23.5 Å². The Bertz CT molecular complexity index is 1010. The summed E-state index contributed by atoms with van der Waals surface area (Å²) in [6.45, 7) is 1.13. The molecule has 3 heterocycles. The first-order chi connectivity index (χ1) is 13.6. The van der Waals surface area contributed by atoms with Crippen molar-refractivity contribution >= 4 is 28.6 Å². The SMILES string of the molecule is COC(=O)c1cnc(N2CCCC(c3nc4ccccc4o3)C2)c([N+](=O)[O-])c1. The fourth-order valence-corrected chi connectivity index (χ4v) is 3.49. The highest BCUT2D eigenvalue weighted by molar-refractivity contribution is 5.90. The van der Waals surface area contributed by atoms with Crippen LogP contribution in [0, 0.1) is 10.1 Å². The smallest absolute Gasteiger partial charge is 0.339 e. The molecule has 0 spiro atoms. The minimum absolute atomic E-state index is 0.00263. The highest BCUT2D eigenvalue weighted by Crippen LogP contribution is 2.34. The number of piperidine rings is 1. The average Bonchev–Trinajstić information content (AvgIpc) is 3.17. The summed E-state index contributed by atoms with van der Waals surface area (Å²) in [6.07, 6.45) is 3.00. The quantitative estimate of drug-likeness (QED) is 0.384. The molecule has 2 aromatic heterocycles. The number of pyridine rings is 1. The number of hydrogen-bond acceptors (Lipinski definition) is 8. The van der Waals surface area contributed by atoms with Gasteiger partial charge in [0.15, 0.2) is 11.5 Å². The molecule has 0 aliphatic carbocycles. The number of carbonyl (C=O) groups excluding carboxylic acids is 1. The number of aromatic nitrogens is 2. The topological polar surface area (TPSA) is 112 Å². The van der Waals surface area contributed by atoms with Gasteiger partial charge in [0.25, 0.3) is 0 Å². The number of hydrogen-bond donors (Lipinski definition) is 0. The minimum atomic E-state index is -0.662. The Morgan fingerprint density at radius 1 is 1.39 bits per heavy atom. The van der Waals surface area contributed by atoms with Crippen LogP contribution in [0.4, 0.5) is 11.5 Å². The van der Waals surface area contributed by atoms with Crippen molar-refractivity contribution in [2.75, 3.05) is 25.1 Å². The third-order valence-corrected chi connectivity index (χ3v) is 4.85. The molecule has 9 nitrogen and oxygen atoms in total. The predicted octanol–water partition coefficient (Wildman–Crippen LogP) is 3.30. The molecule has 1 aliphatic heterocycles. The molecule has 4 rings (SSSR count). The minimum Gasteiger partial charge on any atom is -0.465 e. The van der Waals surface area contributed by atoms with Gasteiger partial charge in [0.1, 0.15) is 5.52 Å². The molecule has 1 aliphatic rings. The van der Waals surface area contributed by atoms with Crippen molar-refractivity contribution in [2.45, 2.75) is 18.8 Å². The van der Waals surface area contributed by atoms with E-state index in [1.54, 1.807) is 0 Å². The molecule has 1 aromatic carbocycles. The van der Waals surface area contributed by atoms with Crippen molar-refractivity contribution < 1.29 is 18.9 Å². The Kier molecular flexibility index (Phi) is 4.64. The van der Waals surface area contributed by atoms with Crippen molar-refractivity contribution in [3.63, 3.8) is 0 Å². The molecule has 0 radical (unpaired) electrons. The van der Waals surface area contributed by atoms with E-state index in [0.29, 0.717) is 19.0 Å². The molecule has 1 atom stereocenters. The predicted molar refractivity (Wildman–Crippen MR) is 100 cm³/mol. The van der Waals surface area contributed by atoms with E-state index in [4.69, 9.17) is 4.42 Å². The number of anilines is 1. The van der Waals surface area contributed by atoms with Gasteiger partial charge >= 0.3 is 11.7 Å². The van der Waals surface area contributed by atoms with Crippen LogP contribution in [0.1, 0.15) is 35.0 Å². The first kappa shape index (κ1) is 17.9. The van der Waals surface area contributed by atoms with Gasteiger partial charge in [-0.3, -0.25) is 10.1 Å².